The number of hydrogen-bond donors (Lipinski definition) is 4. The highest BCUT2D eigenvalue weighted by atomic mass is 16.5. The second kappa shape index (κ2) is 8.06. The summed E-state index contributed by atoms with van der Waals surface area (Å²) in [5, 5.41) is 20.6. The standard InChI is InChI=1S/C26H18N2O4/c1-3-15-11-19(31-17-6-8-23(29)21(27)13-17)12-16-5-10-25(20(4-2)26(15)16)32-18-7-9-24(30)22(28)14-18/h1-2,5-14,29-30H,27-28H2. The summed E-state index contributed by atoms with van der Waals surface area (Å²) < 4.78 is 11.8. The molecule has 0 amide bonds. The minimum absolute atomic E-state index is 0.0262. The normalized spacial score (nSPS) is 10.3. The predicted octanol–water partition coefficient (Wildman–Crippen LogP) is 4.96. The summed E-state index contributed by atoms with van der Waals surface area (Å²) in [6.07, 6.45) is 11.6. The Bertz CT molecular complexity index is 1450. The van der Waals surface area contributed by atoms with Gasteiger partial charge in [-0.2, -0.15) is 0 Å². The Hall–Kier alpha value is -4.94. The molecule has 4 aromatic carbocycles. The third kappa shape index (κ3) is 3.77. The van der Waals surface area contributed by atoms with Gasteiger partial charge in [-0.15, -0.1) is 12.8 Å². The van der Waals surface area contributed by atoms with Crippen molar-refractivity contribution in [3.63, 3.8) is 0 Å². The number of nitrogen functional groups attached to an aromatic ring is 2. The van der Waals surface area contributed by atoms with Gasteiger partial charge >= 0.3 is 0 Å². The van der Waals surface area contributed by atoms with E-state index in [1.165, 1.54) is 24.3 Å². The van der Waals surface area contributed by atoms with Crippen LogP contribution in [0.2, 0.25) is 0 Å². The SMILES string of the molecule is C#Cc1cc(Oc2ccc(O)c(N)c2)cc2ccc(Oc3ccc(O)c(N)c3)c(C#C)c12. The van der Waals surface area contributed by atoms with Crippen molar-refractivity contribution in [2.24, 2.45) is 0 Å². The van der Waals surface area contributed by atoms with Gasteiger partial charge in [0.25, 0.3) is 0 Å². The average Bonchev–Trinajstić information content (AvgIpc) is 2.78. The van der Waals surface area contributed by atoms with Gasteiger partial charge in [-0.3, -0.25) is 0 Å². The zero-order valence-electron chi connectivity index (χ0n) is 16.8. The molecule has 156 valence electrons. The molecule has 0 saturated heterocycles. The topological polar surface area (TPSA) is 111 Å². The van der Waals surface area contributed by atoms with E-state index in [1.54, 1.807) is 30.3 Å². The molecule has 0 atom stereocenters. The Morgan fingerprint density at radius 2 is 1.31 bits per heavy atom. The fourth-order valence-corrected chi connectivity index (χ4v) is 3.28. The van der Waals surface area contributed by atoms with E-state index in [0.717, 1.165) is 5.39 Å². The number of hydrogen-bond acceptors (Lipinski definition) is 6. The minimum atomic E-state index is -0.0365. The highest BCUT2D eigenvalue weighted by Gasteiger charge is 2.14. The maximum atomic E-state index is 9.61. The van der Waals surface area contributed by atoms with Crippen LogP contribution in [0.25, 0.3) is 10.8 Å². The van der Waals surface area contributed by atoms with Gasteiger partial charge in [0.1, 0.15) is 34.5 Å². The lowest BCUT2D eigenvalue weighted by molar-refractivity contribution is 0.466. The second-order valence-corrected chi connectivity index (χ2v) is 6.94. The first-order valence-electron chi connectivity index (χ1n) is 9.46. The van der Waals surface area contributed by atoms with Crippen LogP contribution in [0.4, 0.5) is 11.4 Å². The summed E-state index contributed by atoms with van der Waals surface area (Å²) in [5.41, 5.74) is 12.9. The highest BCUT2D eigenvalue weighted by molar-refractivity contribution is 5.96. The molecule has 0 heterocycles. The number of phenols is 2. The Morgan fingerprint density at radius 1 is 0.688 bits per heavy atom. The maximum Gasteiger partial charge on any atom is 0.143 e. The third-order valence-corrected chi connectivity index (χ3v) is 4.81. The molecule has 6 nitrogen and oxygen atoms in total. The Balaban J connectivity index is 1.78. The van der Waals surface area contributed by atoms with Crippen molar-refractivity contribution in [2.75, 3.05) is 11.5 Å². The molecule has 0 aliphatic carbocycles. The highest BCUT2D eigenvalue weighted by Crippen LogP contribution is 2.37. The van der Waals surface area contributed by atoms with Gasteiger partial charge in [-0.1, -0.05) is 17.9 Å². The van der Waals surface area contributed by atoms with E-state index in [4.69, 9.17) is 33.8 Å². The van der Waals surface area contributed by atoms with Crippen LogP contribution in [0, 0.1) is 24.7 Å². The lowest BCUT2D eigenvalue weighted by Crippen LogP contribution is -1.95. The minimum Gasteiger partial charge on any atom is -0.506 e. The number of phenolic OH excluding ortho intramolecular Hbond substituents is 2. The number of nitrogens with two attached hydrogens (primary N) is 2. The van der Waals surface area contributed by atoms with Crippen molar-refractivity contribution in [2.45, 2.75) is 0 Å². The van der Waals surface area contributed by atoms with E-state index in [9.17, 15) is 10.2 Å². The summed E-state index contributed by atoms with van der Waals surface area (Å²) in [6, 6.07) is 16.1. The molecule has 6 heteroatoms. The summed E-state index contributed by atoms with van der Waals surface area (Å²) in [5.74, 6) is 7.01. The van der Waals surface area contributed by atoms with Crippen molar-refractivity contribution in [3.05, 3.63) is 71.8 Å². The van der Waals surface area contributed by atoms with Crippen LogP contribution in [0.1, 0.15) is 11.1 Å². The summed E-state index contributed by atoms with van der Waals surface area (Å²) in [7, 11) is 0. The van der Waals surface area contributed by atoms with Gasteiger partial charge in [-0.05, 0) is 47.9 Å². The fourth-order valence-electron chi connectivity index (χ4n) is 3.28. The Labute approximate surface area is 184 Å². The number of fused-ring (bicyclic) bond motifs is 1. The molecular weight excluding hydrogens is 404 g/mol. The molecule has 0 saturated carbocycles. The molecule has 0 aliphatic heterocycles. The van der Waals surface area contributed by atoms with Gasteiger partial charge in [0.05, 0.1) is 16.9 Å². The van der Waals surface area contributed by atoms with Crippen molar-refractivity contribution >= 4 is 22.1 Å². The Morgan fingerprint density at radius 3 is 1.88 bits per heavy atom. The molecule has 0 radical (unpaired) electrons. The van der Waals surface area contributed by atoms with Crippen LogP contribution in [-0.4, -0.2) is 10.2 Å². The average molecular weight is 422 g/mol. The van der Waals surface area contributed by atoms with E-state index >= 15 is 0 Å². The first-order valence-corrected chi connectivity index (χ1v) is 9.46. The third-order valence-electron chi connectivity index (χ3n) is 4.81. The van der Waals surface area contributed by atoms with Crippen LogP contribution in [-0.2, 0) is 0 Å². The molecule has 6 N–H and O–H groups in total. The molecule has 0 fully saturated rings. The van der Waals surface area contributed by atoms with Crippen molar-refractivity contribution in [1.29, 1.82) is 0 Å². The maximum absolute atomic E-state index is 9.61. The van der Waals surface area contributed by atoms with Gasteiger partial charge in [0, 0.05) is 23.1 Å². The molecule has 4 rings (SSSR count). The number of anilines is 2. The van der Waals surface area contributed by atoms with E-state index in [1.807, 2.05) is 6.07 Å². The van der Waals surface area contributed by atoms with Crippen molar-refractivity contribution in [3.8, 4) is 59.2 Å². The van der Waals surface area contributed by atoms with E-state index in [2.05, 4.69) is 11.8 Å². The second-order valence-electron chi connectivity index (χ2n) is 6.94. The first kappa shape index (κ1) is 20.3. The molecule has 0 aliphatic rings. The van der Waals surface area contributed by atoms with Crippen LogP contribution in [0.5, 0.6) is 34.5 Å². The molecule has 0 aromatic heterocycles. The molecule has 32 heavy (non-hydrogen) atoms. The van der Waals surface area contributed by atoms with E-state index in [0.29, 0.717) is 39.5 Å². The quantitative estimate of drug-likeness (QED) is 0.210. The number of ether oxygens (including phenoxy) is 2. The van der Waals surface area contributed by atoms with Crippen molar-refractivity contribution in [1.82, 2.24) is 0 Å². The van der Waals surface area contributed by atoms with E-state index < -0.39 is 0 Å². The fraction of sp³-hybridized carbons (Fsp3) is 0. The lowest BCUT2D eigenvalue weighted by atomic mass is 9.98. The molecular formula is C26H18N2O4. The smallest absolute Gasteiger partial charge is 0.143 e. The zero-order valence-corrected chi connectivity index (χ0v) is 16.8. The van der Waals surface area contributed by atoms with Crippen LogP contribution in [0.3, 0.4) is 0 Å². The summed E-state index contributed by atoms with van der Waals surface area (Å²) in [4.78, 5) is 0. The number of rotatable bonds is 4. The van der Waals surface area contributed by atoms with Gasteiger partial charge < -0.3 is 31.2 Å². The predicted molar refractivity (Wildman–Crippen MR) is 125 cm³/mol. The largest absolute Gasteiger partial charge is 0.506 e. The number of benzene rings is 4. The molecule has 0 spiro atoms. The lowest BCUT2D eigenvalue weighted by Gasteiger charge is -2.14. The van der Waals surface area contributed by atoms with Gasteiger partial charge in [0.15, 0.2) is 0 Å². The van der Waals surface area contributed by atoms with Crippen molar-refractivity contribution < 1.29 is 19.7 Å². The van der Waals surface area contributed by atoms with Gasteiger partial charge in [0.2, 0.25) is 0 Å². The van der Waals surface area contributed by atoms with Crippen LogP contribution < -0.4 is 20.9 Å². The molecule has 4 aromatic rings. The van der Waals surface area contributed by atoms with Gasteiger partial charge in [-0.25, -0.2) is 0 Å². The molecule has 0 unspecified atom stereocenters. The van der Waals surface area contributed by atoms with Crippen LogP contribution >= 0.6 is 0 Å². The first-order chi connectivity index (χ1) is 15.4. The Kier molecular flexibility index (Phi) is 5.12. The number of terminal acetylenes is 2. The van der Waals surface area contributed by atoms with Crippen LogP contribution in [0.15, 0.2) is 60.7 Å². The monoisotopic (exact) mass is 422 g/mol. The summed E-state index contributed by atoms with van der Waals surface area (Å²) in [6.45, 7) is 0. The van der Waals surface area contributed by atoms with E-state index in [-0.39, 0.29) is 22.9 Å². The summed E-state index contributed by atoms with van der Waals surface area (Å²) >= 11 is 0. The molecule has 0 bridgehead atoms. The zero-order chi connectivity index (χ0) is 22.8. The number of aromatic hydroxyl groups is 2.